The van der Waals surface area contributed by atoms with Crippen molar-refractivity contribution in [2.45, 2.75) is 0 Å². The monoisotopic (exact) mass is 358 g/mol. The highest BCUT2D eigenvalue weighted by molar-refractivity contribution is 6.34. The van der Waals surface area contributed by atoms with Gasteiger partial charge in [-0.05, 0) is 30.3 Å². The first kappa shape index (κ1) is 16.7. The van der Waals surface area contributed by atoms with Crippen LogP contribution in [0.15, 0.2) is 42.7 Å². The third-order valence-electron chi connectivity index (χ3n) is 3.46. The van der Waals surface area contributed by atoms with Crippen LogP contribution in [0.25, 0.3) is 0 Å². The van der Waals surface area contributed by atoms with Gasteiger partial charge in [0.2, 0.25) is 0 Å². The highest BCUT2D eigenvalue weighted by Gasteiger charge is 2.16. The number of aryl methyl sites for hydroxylation is 2. The molecule has 0 saturated carbocycles. The molecule has 0 bridgehead atoms. The van der Waals surface area contributed by atoms with Crippen LogP contribution in [0.2, 0.25) is 5.02 Å². The Bertz CT molecular complexity index is 909. The molecule has 0 radical (unpaired) electrons. The highest BCUT2D eigenvalue weighted by Crippen LogP contribution is 2.18. The molecule has 0 saturated heterocycles. The van der Waals surface area contributed by atoms with Gasteiger partial charge >= 0.3 is 0 Å². The number of hydrogen-bond donors (Lipinski definition) is 2. The van der Waals surface area contributed by atoms with Crippen LogP contribution >= 0.6 is 11.6 Å². The number of carbonyl (C=O) groups is 2. The fourth-order valence-electron chi connectivity index (χ4n) is 2.22. The largest absolute Gasteiger partial charge is 0.321 e. The van der Waals surface area contributed by atoms with Crippen molar-refractivity contribution in [3.8, 4) is 0 Å². The number of benzene rings is 1. The number of hydrogen-bond acceptors (Lipinski definition) is 4. The Kier molecular flexibility index (Phi) is 4.53. The van der Waals surface area contributed by atoms with Crippen LogP contribution in [0.1, 0.15) is 21.0 Å². The molecule has 9 heteroatoms. The number of anilines is 2. The molecule has 2 N–H and O–H groups in total. The van der Waals surface area contributed by atoms with Gasteiger partial charge < -0.3 is 10.6 Å². The minimum absolute atomic E-state index is 0.272. The summed E-state index contributed by atoms with van der Waals surface area (Å²) >= 11 is 5.95. The lowest BCUT2D eigenvalue weighted by Crippen LogP contribution is -2.17. The Balaban J connectivity index is 1.66. The summed E-state index contributed by atoms with van der Waals surface area (Å²) < 4.78 is 2.95. The summed E-state index contributed by atoms with van der Waals surface area (Å²) in [4.78, 5) is 24.3. The second kappa shape index (κ2) is 6.78. The minimum atomic E-state index is -0.365. The zero-order valence-electron chi connectivity index (χ0n) is 13.5. The number of rotatable bonds is 4. The van der Waals surface area contributed by atoms with E-state index in [1.165, 1.54) is 10.9 Å². The zero-order valence-corrected chi connectivity index (χ0v) is 14.3. The molecule has 1 aromatic carbocycles. The van der Waals surface area contributed by atoms with Gasteiger partial charge in [-0.1, -0.05) is 11.6 Å². The molecule has 2 amide bonds. The van der Waals surface area contributed by atoms with E-state index in [4.69, 9.17) is 11.6 Å². The molecule has 25 heavy (non-hydrogen) atoms. The lowest BCUT2D eigenvalue weighted by atomic mass is 10.2. The molecule has 128 valence electrons. The van der Waals surface area contributed by atoms with E-state index in [1.54, 1.807) is 55.3 Å². The maximum atomic E-state index is 12.2. The van der Waals surface area contributed by atoms with Gasteiger partial charge in [-0.15, -0.1) is 0 Å². The lowest BCUT2D eigenvalue weighted by molar-refractivity contribution is 0.101. The van der Waals surface area contributed by atoms with Crippen molar-refractivity contribution in [2.24, 2.45) is 14.1 Å². The summed E-state index contributed by atoms with van der Waals surface area (Å²) in [5, 5.41) is 13.7. The zero-order chi connectivity index (χ0) is 18.0. The van der Waals surface area contributed by atoms with Crippen molar-refractivity contribution in [3.05, 3.63) is 59.1 Å². The quantitative estimate of drug-likeness (QED) is 0.748. The van der Waals surface area contributed by atoms with Crippen LogP contribution in [0.3, 0.4) is 0 Å². The predicted molar refractivity (Wildman–Crippen MR) is 93.8 cm³/mol. The van der Waals surface area contributed by atoms with Crippen LogP contribution in [-0.4, -0.2) is 31.4 Å². The van der Waals surface area contributed by atoms with E-state index in [9.17, 15) is 9.59 Å². The van der Waals surface area contributed by atoms with Gasteiger partial charge in [0.05, 0.1) is 11.2 Å². The molecule has 0 aliphatic rings. The van der Waals surface area contributed by atoms with Gasteiger partial charge in [-0.25, -0.2) is 0 Å². The van der Waals surface area contributed by atoms with Gasteiger partial charge in [0, 0.05) is 31.7 Å². The fraction of sp³-hybridized carbons (Fsp3) is 0.125. The Labute approximate surface area is 148 Å². The molecule has 0 atom stereocenters. The van der Waals surface area contributed by atoms with Crippen LogP contribution in [-0.2, 0) is 14.1 Å². The molecule has 3 aromatic rings. The maximum absolute atomic E-state index is 12.2. The number of amides is 2. The number of halogens is 1. The number of nitrogens with one attached hydrogen (secondary N) is 2. The fourth-order valence-corrected chi connectivity index (χ4v) is 2.48. The average molecular weight is 359 g/mol. The average Bonchev–Trinajstić information content (AvgIpc) is 3.15. The SMILES string of the molecule is Cn1ccc(C(=O)Nc2ccc(NC(=O)c3c(Cl)cnn3C)cc2)n1. The van der Waals surface area contributed by atoms with Crippen molar-refractivity contribution in [1.82, 2.24) is 19.6 Å². The Morgan fingerprint density at radius 1 is 1.00 bits per heavy atom. The van der Waals surface area contributed by atoms with E-state index >= 15 is 0 Å². The summed E-state index contributed by atoms with van der Waals surface area (Å²) in [7, 11) is 3.37. The van der Waals surface area contributed by atoms with Gasteiger partial charge in [0.25, 0.3) is 11.8 Å². The van der Waals surface area contributed by atoms with Crippen molar-refractivity contribution in [1.29, 1.82) is 0 Å². The van der Waals surface area contributed by atoms with E-state index in [-0.39, 0.29) is 22.5 Å². The molecule has 0 spiro atoms. The second-order valence-electron chi connectivity index (χ2n) is 5.32. The standard InChI is InChI=1S/C16H15ClN6O2/c1-22-8-7-13(21-22)15(24)19-10-3-5-11(6-4-10)20-16(25)14-12(17)9-18-23(14)2/h3-9H,1-2H3,(H,19,24)(H,20,25). The Hall–Kier alpha value is -3.13. The summed E-state index contributed by atoms with van der Waals surface area (Å²) in [6.45, 7) is 0. The van der Waals surface area contributed by atoms with Crippen molar-refractivity contribution < 1.29 is 9.59 Å². The van der Waals surface area contributed by atoms with Gasteiger partial charge in [0.15, 0.2) is 5.69 Å². The van der Waals surface area contributed by atoms with E-state index in [0.29, 0.717) is 17.1 Å². The van der Waals surface area contributed by atoms with Crippen molar-refractivity contribution in [2.75, 3.05) is 10.6 Å². The topological polar surface area (TPSA) is 93.8 Å². The van der Waals surface area contributed by atoms with Crippen LogP contribution in [0.4, 0.5) is 11.4 Å². The third kappa shape index (κ3) is 3.69. The van der Waals surface area contributed by atoms with E-state index < -0.39 is 0 Å². The van der Waals surface area contributed by atoms with Crippen LogP contribution in [0.5, 0.6) is 0 Å². The second-order valence-corrected chi connectivity index (χ2v) is 5.73. The molecular formula is C16H15ClN6O2. The van der Waals surface area contributed by atoms with Gasteiger partial charge in [-0.3, -0.25) is 19.0 Å². The van der Waals surface area contributed by atoms with Crippen molar-refractivity contribution >= 4 is 34.8 Å². The third-order valence-corrected chi connectivity index (χ3v) is 3.73. The Morgan fingerprint density at radius 3 is 2.08 bits per heavy atom. The van der Waals surface area contributed by atoms with E-state index in [0.717, 1.165) is 0 Å². The minimum Gasteiger partial charge on any atom is -0.321 e. The summed E-state index contributed by atoms with van der Waals surface area (Å²) in [6.07, 6.45) is 3.10. The number of nitrogens with zero attached hydrogens (tertiary/aromatic N) is 4. The van der Waals surface area contributed by atoms with E-state index in [2.05, 4.69) is 20.8 Å². The number of carbonyl (C=O) groups excluding carboxylic acids is 2. The molecule has 0 aliphatic carbocycles. The maximum Gasteiger partial charge on any atom is 0.276 e. The highest BCUT2D eigenvalue weighted by atomic mass is 35.5. The molecule has 0 fully saturated rings. The summed E-state index contributed by atoms with van der Waals surface area (Å²) in [5.74, 6) is -0.672. The lowest BCUT2D eigenvalue weighted by Gasteiger charge is -2.08. The van der Waals surface area contributed by atoms with E-state index in [1.807, 2.05) is 0 Å². The molecule has 0 unspecified atom stereocenters. The smallest absolute Gasteiger partial charge is 0.276 e. The summed E-state index contributed by atoms with van der Waals surface area (Å²) in [5.41, 5.74) is 1.75. The van der Waals surface area contributed by atoms with Crippen molar-refractivity contribution in [3.63, 3.8) is 0 Å². The first-order chi connectivity index (χ1) is 11.9. The van der Waals surface area contributed by atoms with Crippen LogP contribution < -0.4 is 10.6 Å². The predicted octanol–water partition coefficient (Wildman–Crippen LogP) is 2.31. The van der Waals surface area contributed by atoms with Gasteiger partial charge in [0.1, 0.15) is 5.69 Å². The first-order valence-corrected chi connectivity index (χ1v) is 7.72. The molecule has 2 heterocycles. The first-order valence-electron chi connectivity index (χ1n) is 7.34. The molecular weight excluding hydrogens is 344 g/mol. The Morgan fingerprint density at radius 2 is 1.60 bits per heavy atom. The molecule has 2 aromatic heterocycles. The van der Waals surface area contributed by atoms with Crippen LogP contribution in [0, 0.1) is 0 Å². The molecule has 8 nitrogen and oxygen atoms in total. The molecule has 3 rings (SSSR count). The molecule has 0 aliphatic heterocycles. The number of aromatic nitrogens is 4. The summed E-state index contributed by atoms with van der Waals surface area (Å²) in [6, 6.07) is 8.34. The van der Waals surface area contributed by atoms with Gasteiger partial charge in [-0.2, -0.15) is 10.2 Å². The normalized spacial score (nSPS) is 10.5.